The predicted molar refractivity (Wildman–Crippen MR) is 106 cm³/mol. The Hall–Kier alpha value is -1.62. The van der Waals surface area contributed by atoms with Crippen molar-refractivity contribution in [3.63, 3.8) is 0 Å². The molecule has 1 aliphatic rings. The number of nitrogens with zero attached hydrogens (tertiary/aromatic N) is 2. The molecule has 0 saturated carbocycles. The van der Waals surface area contributed by atoms with Gasteiger partial charge in [-0.1, -0.05) is 30.7 Å². The quantitative estimate of drug-likeness (QED) is 0.651. The van der Waals surface area contributed by atoms with E-state index in [2.05, 4.69) is 0 Å². The zero-order chi connectivity index (χ0) is 19.8. The first kappa shape index (κ1) is 21.7. The second-order valence-electron chi connectivity index (χ2n) is 7.26. The topological polar surface area (TPSA) is 40.6 Å². The summed E-state index contributed by atoms with van der Waals surface area (Å²) in [5, 5.41) is 0.0899. The molecule has 0 aliphatic carbocycles. The van der Waals surface area contributed by atoms with Crippen molar-refractivity contribution in [2.75, 3.05) is 20.1 Å². The first-order valence-electron chi connectivity index (χ1n) is 9.90. The van der Waals surface area contributed by atoms with Crippen LogP contribution in [-0.2, 0) is 16.0 Å². The third-order valence-corrected chi connectivity index (χ3v) is 5.88. The van der Waals surface area contributed by atoms with Crippen molar-refractivity contribution in [3.8, 4) is 0 Å². The van der Waals surface area contributed by atoms with Crippen LogP contribution in [0.1, 0.15) is 57.4 Å². The fraction of sp³-hybridized carbons (Fsp3) is 0.619. The number of likely N-dealkylation sites (tertiary alicyclic amines) is 1. The van der Waals surface area contributed by atoms with Crippen LogP contribution in [0.2, 0.25) is 5.02 Å². The number of rotatable bonds is 8. The maximum Gasteiger partial charge on any atom is 0.222 e. The molecule has 0 unspecified atom stereocenters. The highest BCUT2D eigenvalue weighted by Gasteiger charge is 2.22. The number of hydrogen-bond acceptors (Lipinski definition) is 2. The smallest absolute Gasteiger partial charge is 0.222 e. The van der Waals surface area contributed by atoms with Crippen LogP contribution in [-0.4, -0.2) is 47.8 Å². The molecule has 0 N–H and O–H groups in total. The van der Waals surface area contributed by atoms with Crippen LogP contribution in [0.5, 0.6) is 0 Å². The summed E-state index contributed by atoms with van der Waals surface area (Å²) in [5.41, 5.74) is 0.645. The van der Waals surface area contributed by atoms with E-state index in [1.165, 1.54) is 12.5 Å². The van der Waals surface area contributed by atoms with E-state index in [0.29, 0.717) is 24.8 Å². The minimum Gasteiger partial charge on any atom is -0.343 e. The van der Waals surface area contributed by atoms with Gasteiger partial charge in [0, 0.05) is 39.0 Å². The van der Waals surface area contributed by atoms with E-state index in [4.69, 9.17) is 11.6 Å². The Morgan fingerprint density at radius 2 is 1.93 bits per heavy atom. The second-order valence-corrected chi connectivity index (χ2v) is 7.64. The van der Waals surface area contributed by atoms with Crippen molar-refractivity contribution in [2.24, 2.45) is 0 Å². The minimum atomic E-state index is -0.461. The Bertz CT molecular complexity index is 647. The molecule has 1 heterocycles. The van der Waals surface area contributed by atoms with Crippen molar-refractivity contribution < 1.29 is 14.0 Å². The monoisotopic (exact) mass is 396 g/mol. The summed E-state index contributed by atoms with van der Waals surface area (Å²) in [6, 6.07) is 4.69. The van der Waals surface area contributed by atoms with E-state index in [1.807, 2.05) is 11.8 Å². The molecular formula is C21H30ClFN2O2. The van der Waals surface area contributed by atoms with Crippen molar-refractivity contribution in [1.29, 1.82) is 0 Å². The predicted octanol–water partition coefficient (Wildman–Crippen LogP) is 4.44. The molecule has 27 heavy (non-hydrogen) atoms. The summed E-state index contributed by atoms with van der Waals surface area (Å²) in [5.74, 6) is -0.272. The minimum absolute atomic E-state index is 0.00685. The lowest BCUT2D eigenvalue weighted by molar-refractivity contribution is -0.135. The maximum absolute atomic E-state index is 13.5. The zero-order valence-electron chi connectivity index (χ0n) is 16.3. The SMILES string of the molecule is CC[C@H](CCC(=O)N1CCCCC1)N(C)C(=O)CCc1cccc(F)c1Cl. The number of carbonyl (C=O) groups excluding carboxylic acids is 2. The first-order chi connectivity index (χ1) is 12.9. The van der Waals surface area contributed by atoms with Gasteiger partial charge in [-0.15, -0.1) is 0 Å². The molecule has 2 rings (SSSR count). The van der Waals surface area contributed by atoms with Crippen molar-refractivity contribution in [1.82, 2.24) is 9.80 Å². The molecule has 1 atom stereocenters. The Labute approximate surface area is 166 Å². The molecule has 0 spiro atoms. The van der Waals surface area contributed by atoms with Crippen molar-refractivity contribution >= 4 is 23.4 Å². The number of piperidine rings is 1. The number of amides is 2. The number of benzene rings is 1. The van der Waals surface area contributed by atoms with Gasteiger partial charge < -0.3 is 9.80 Å². The first-order valence-corrected chi connectivity index (χ1v) is 10.3. The molecular weight excluding hydrogens is 367 g/mol. The summed E-state index contributed by atoms with van der Waals surface area (Å²) in [7, 11) is 1.79. The van der Waals surface area contributed by atoms with E-state index in [-0.39, 0.29) is 29.3 Å². The molecule has 0 aromatic heterocycles. The number of hydrogen-bond donors (Lipinski definition) is 0. The molecule has 1 aliphatic heterocycles. The number of aryl methyl sites for hydroxylation is 1. The third kappa shape index (κ3) is 6.20. The summed E-state index contributed by atoms with van der Waals surface area (Å²) in [6.07, 6.45) is 6.01. The van der Waals surface area contributed by atoms with E-state index in [1.54, 1.807) is 24.1 Å². The van der Waals surface area contributed by atoms with Gasteiger partial charge in [0.2, 0.25) is 11.8 Å². The van der Waals surface area contributed by atoms with E-state index in [9.17, 15) is 14.0 Å². The lowest BCUT2D eigenvalue weighted by Crippen LogP contribution is -2.39. The molecule has 150 valence electrons. The fourth-order valence-corrected chi connectivity index (χ4v) is 3.85. The van der Waals surface area contributed by atoms with Gasteiger partial charge in [-0.2, -0.15) is 0 Å². The third-order valence-electron chi connectivity index (χ3n) is 5.45. The van der Waals surface area contributed by atoms with Crippen LogP contribution in [0.25, 0.3) is 0 Å². The molecule has 1 aromatic rings. The molecule has 1 aromatic carbocycles. The van der Waals surface area contributed by atoms with E-state index in [0.717, 1.165) is 32.4 Å². The van der Waals surface area contributed by atoms with Gasteiger partial charge >= 0.3 is 0 Å². The molecule has 2 amide bonds. The average molecular weight is 397 g/mol. The van der Waals surface area contributed by atoms with Crippen LogP contribution in [0.3, 0.4) is 0 Å². The molecule has 0 bridgehead atoms. The second kappa shape index (κ2) is 10.6. The highest BCUT2D eigenvalue weighted by atomic mass is 35.5. The fourth-order valence-electron chi connectivity index (χ4n) is 3.63. The lowest BCUT2D eigenvalue weighted by Gasteiger charge is -2.30. The molecule has 1 saturated heterocycles. The zero-order valence-corrected chi connectivity index (χ0v) is 17.1. The summed E-state index contributed by atoms with van der Waals surface area (Å²) in [4.78, 5) is 28.6. The largest absolute Gasteiger partial charge is 0.343 e. The van der Waals surface area contributed by atoms with Gasteiger partial charge in [-0.25, -0.2) is 4.39 Å². The van der Waals surface area contributed by atoms with E-state index < -0.39 is 5.82 Å². The lowest BCUT2D eigenvalue weighted by atomic mass is 10.0. The van der Waals surface area contributed by atoms with Gasteiger partial charge in [-0.05, 0) is 50.2 Å². The van der Waals surface area contributed by atoms with E-state index >= 15 is 0 Å². The average Bonchev–Trinajstić information content (AvgIpc) is 2.69. The molecule has 4 nitrogen and oxygen atoms in total. The summed E-state index contributed by atoms with van der Waals surface area (Å²) >= 11 is 5.96. The Morgan fingerprint density at radius 1 is 1.22 bits per heavy atom. The van der Waals surface area contributed by atoms with Crippen LogP contribution >= 0.6 is 11.6 Å². The summed E-state index contributed by atoms with van der Waals surface area (Å²) in [6.45, 7) is 3.75. The van der Waals surface area contributed by atoms with Gasteiger partial charge in [0.1, 0.15) is 5.82 Å². The molecule has 0 radical (unpaired) electrons. The molecule has 1 fully saturated rings. The van der Waals surface area contributed by atoms with Gasteiger partial charge in [0.05, 0.1) is 5.02 Å². The Balaban J connectivity index is 1.83. The van der Waals surface area contributed by atoms with Crippen LogP contribution < -0.4 is 0 Å². The number of carbonyl (C=O) groups is 2. The van der Waals surface area contributed by atoms with Crippen LogP contribution in [0.15, 0.2) is 18.2 Å². The molecule has 6 heteroatoms. The van der Waals surface area contributed by atoms with Crippen LogP contribution in [0.4, 0.5) is 4.39 Å². The Kier molecular flexibility index (Phi) is 8.55. The van der Waals surface area contributed by atoms with Gasteiger partial charge in [0.15, 0.2) is 0 Å². The maximum atomic E-state index is 13.5. The highest BCUT2D eigenvalue weighted by Crippen LogP contribution is 2.22. The van der Waals surface area contributed by atoms with Gasteiger partial charge in [0.25, 0.3) is 0 Å². The Morgan fingerprint density at radius 3 is 2.59 bits per heavy atom. The summed E-state index contributed by atoms with van der Waals surface area (Å²) < 4.78 is 13.5. The van der Waals surface area contributed by atoms with Crippen LogP contribution in [0, 0.1) is 5.82 Å². The highest BCUT2D eigenvalue weighted by molar-refractivity contribution is 6.31. The standard InChI is InChI=1S/C21H30ClFN2O2/c1-3-17(11-13-20(27)25-14-5-4-6-15-25)24(2)19(26)12-10-16-8-7-9-18(23)21(16)22/h7-9,17H,3-6,10-15H2,1-2H3/t17-/m1/s1. The van der Waals surface area contributed by atoms with Crippen molar-refractivity contribution in [2.45, 2.75) is 64.3 Å². The normalized spacial score (nSPS) is 15.5. The van der Waals surface area contributed by atoms with Crippen molar-refractivity contribution in [3.05, 3.63) is 34.6 Å². The van der Waals surface area contributed by atoms with Gasteiger partial charge in [-0.3, -0.25) is 9.59 Å². The number of halogens is 2.